The summed E-state index contributed by atoms with van der Waals surface area (Å²) in [6.45, 7) is 1.99. The van der Waals surface area contributed by atoms with Crippen LogP contribution in [0.1, 0.15) is 17.4 Å². The highest BCUT2D eigenvalue weighted by molar-refractivity contribution is 5.78. The van der Waals surface area contributed by atoms with E-state index in [1.54, 1.807) is 12.1 Å². The first-order chi connectivity index (χ1) is 10.2. The molecule has 4 heteroatoms. The molecule has 1 aliphatic rings. The van der Waals surface area contributed by atoms with Crippen LogP contribution in [0.5, 0.6) is 5.75 Å². The minimum absolute atomic E-state index is 0.115. The maximum atomic E-state index is 9.73. The van der Waals surface area contributed by atoms with E-state index in [1.165, 1.54) is 0 Å². The fraction of sp³-hybridized carbons (Fsp3) is 0.118. The molecule has 1 aliphatic heterocycles. The van der Waals surface area contributed by atoms with Crippen LogP contribution in [0.3, 0.4) is 0 Å². The van der Waals surface area contributed by atoms with Crippen molar-refractivity contribution in [3.63, 3.8) is 0 Å². The topological polar surface area (TPSA) is 50.1 Å². The van der Waals surface area contributed by atoms with Gasteiger partial charge in [-0.1, -0.05) is 30.3 Å². The molecule has 4 rings (SSSR count). The summed E-state index contributed by atoms with van der Waals surface area (Å²) in [6, 6.07) is 17.6. The number of phenols is 1. The quantitative estimate of drug-likeness (QED) is 0.715. The van der Waals surface area contributed by atoms with Crippen molar-refractivity contribution in [1.29, 1.82) is 0 Å². The molecule has 0 amide bonds. The van der Waals surface area contributed by atoms with Gasteiger partial charge in [-0.3, -0.25) is 0 Å². The van der Waals surface area contributed by atoms with Crippen molar-refractivity contribution in [2.24, 2.45) is 0 Å². The van der Waals surface area contributed by atoms with Gasteiger partial charge >= 0.3 is 0 Å². The fourth-order valence-electron chi connectivity index (χ4n) is 2.87. The van der Waals surface area contributed by atoms with Crippen molar-refractivity contribution < 1.29 is 5.11 Å². The van der Waals surface area contributed by atoms with Gasteiger partial charge in [0, 0.05) is 16.8 Å². The van der Waals surface area contributed by atoms with Gasteiger partial charge in [0.25, 0.3) is 0 Å². The molecule has 21 heavy (non-hydrogen) atoms. The van der Waals surface area contributed by atoms with Crippen LogP contribution in [0, 0.1) is 6.92 Å². The Balaban J connectivity index is 1.92. The second-order valence-corrected chi connectivity index (χ2v) is 5.30. The van der Waals surface area contributed by atoms with Crippen molar-refractivity contribution in [3.05, 3.63) is 65.9 Å². The van der Waals surface area contributed by atoms with Gasteiger partial charge in [0.2, 0.25) is 0 Å². The number of benzene rings is 2. The summed E-state index contributed by atoms with van der Waals surface area (Å²) in [4.78, 5) is 0. The number of nitrogens with zero attached hydrogens (tertiary/aromatic N) is 2. The lowest BCUT2D eigenvalue weighted by Gasteiger charge is -2.29. The van der Waals surface area contributed by atoms with Gasteiger partial charge in [-0.15, -0.1) is 0 Å². The molecule has 1 atom stereocenters. The summed E-state index contributed by atoms with van der Waals surface area (Å²) in [5.74, 6) is 0.263. The highest BCUT2D eigenvalue weighted by Gasteiger charge is 2.26. The molecule has 0 bridgehead atoms. The zero-order chi connectivity index (χ0) is 14.4. The van der Waals surface area contributed by atoms with Gasteiger partial charge in [-0.2, -0.15) is 5.10 Å². The predicted octanol–water partition coefficient (Wildman–Crippen LogP) is 3.54. The van der Waals surface area contributed by atoms with Crippen LogP contribution in [0.4, 0.5) is 5.69 Å². The number of para-hydroxylation sites is 1. The second-order valence-electron chi connectivity index (χ2n) is 5.30. The molecule has 0 fully saturated rings. The molecule has 104 valence electrons. The highest BCUT2D eigenvalue weighted by atomic mass is 16.3. The van der Waals surface area contributed by atoms with Gasteiger partial charge in [0.05, 0.1) is 11.4 Å². The van der Waals surface area contributed by atoms with Crippen LogP contribution in [0.2, 0.25) is 0 Å². The predicted molar refractivity (Wildman–Crippen MR) is 82.3 cm³/mol. The number of aryl methyl sites for hydroxylation is 1. The Bertz CT molecular complexity index is 822. The molecule has 0 aliphatic carbocycles. The number of hydrogen-bond acceptors (Lipinski definition) is 3. The zero-order valence-corrected chi connectivity index (χ0v) is 11.6. The Hall–Kier alpha value is -2.75. The van der Waals surface area contributed by atoms with E-state index in [2.05, 4.69) is 28.6 Å². The molecule has 0 saturated heterocycles. The van der Waals surface area contributed by atoms with Crippen molar-refractivity contribution in [3.8, 4) is 17.0 Å². The number of rotatable bonds is 1. The maximum absolute atomic E-state index is 9.73. The Kier molecular flexibility index (Phi) is 2.51. The summed E-state index contributed by atoms with van der Waals surface area (Å²) in [7, 11) is 0. The van der Waals surface area contributed by atoms with E-state index in [-0.39, 0.29) is 11.9 Å². The fourth-order valence-corrected chi connectivity index (χ4v) is 2.87. The average Bonchev–Trinajstić information content (AvgIpc) is 2.88. The normalized spacial score (nSPS) is 16.0. The van der Waals surface area contributed by atoms with Crippen LogP contribution in [0.25, 0.3) is 11.3 Å². The molecule has 3 aromatic rings. The number of fused-ring (bicyclic) bond motifs is 3. The van der Waals surface area contributed by atoms with Crippen LogP contribution >= 0.6 is 0 Å². The zero-order valence-electron chi connectivity index (χ0n) is 11.6. The molecule has 2 aromatic carbocycles. The number of phenolic OH excluding ortho intramolecular Hbond substituents is 1. The van der Waals surface area contributed by atoms with Crippen molar-refractivity contribution in [2.75, 3.05) is 5.32 Å². The van der Waals surface area contributed by atoms with Crippen LogP contribution < -0.4 is 5.32 Å². The van der Waals surface area contributed by atoms with E-state index >= 15 is 0 Å². The SMILES string of the molecule is Cc1cc2n(n1)C(c1cccc(O)c1)Nc1ccccc1-2. The van der Waals surface area contributed by atoms with Gasteiger partial charge < -0.3 is 10.4 Å². The lowest BCUT2D eigenvalue weighted by atomic mass is 10.0. The summed E-state index contributed by atoms with van der Waals surface area (Å²) in [5, 5.41) is 17.8. The average molecular weight is 277 g/mol. The summed E-state index contributed by atoms with van der Waals surface area (Å²) in [5.41, 5.74) is 5.28. The monoisotopic (exact) mass is 277 g/mol. The molecule has 2 N–H and O–H groups in total. The van der Waals surface area contributed by atoms with Crippen LogP contribution in [-0.2, 0) is 0 Å². The lowest BCUT2D eigenvalue weighted by Crippen LogP contribution is -2.25. The van der Waals surface area contributed by atoms with Gasteiger partial charge in [-0.05, 0) is 31.2 Å². The molecular formula is C17H15N3O. The van der Waals surface area contributed by atoms with Crippen molar-refractivity contribution >= 4 is 5.69 Å². The molecule has 2 heterocycles. The van der Waals surface area contributed by atoms with Crippen molar-refractivity contribution in [1.82, 2.24) is 9.78 Å². The molecule has 0 saturated carbocycles. The molecule has 1 unspecified atom stereocenters. The van der Waals surface area contributed by atoms with E-state index < -0.39 is 0 Å². The Morgan fingerprint density at radius 1 is 1.10 bits per heavy atom. The van der Waals surface area contributed by atoms with E-state index in [0.717, 1.165) is 28.2 Å². The minimum Gasteiger partial charge on any atom is -0.508 e. The summed E-state index contributed by atoms with van der Waals surface area (Å²) < 4.78 is 1.98. The highest BCUT2D eigenvalue weighted by Crippen LogP contribution is 2.38. The van der Waals surface area contributed by atoms with Gasteiger partial charge in [-0.25, -0.2) is 4.68 Å². The molecular weight excluding hydrogens is 262 g/mol. The number of aromatic hydroxyl groups is 1. The molecule has 4 nitrogen and oxygen atoms in total. The molecule has 0 radical (unpaired) electrons. The second kappa shape index (κ2) is 4.38. The Labute approximate surface area is 122 Å². The summed E-state index contributed by atoms with van der Waals surface area (Å²) >= 11 is 0. The Morgan fingerprint density at radius 2 is 1.95 bits per heavy atom. The third-order valence-electron chi connectivity index (χ3n) is 3.78. The van der Waals surface area contributed by atoms with Crippen molar-refractivity contribution in [2.45, 2.75) is 13.1 Å². The third-order valence-corrected chi connectivity index (χ3v) is 3.78. The minimum atomic E-state index is -0.115. The first-order valence-corrected chi connectivity index (χ1v) is 6.93. The standard InChI is InChI=1S/C17H15N3O/c1-11-9-16-14-7-2-3-8-15(14)18-17(20(16)19-11)12-5-4-6-13(21)10-12/h2-10,17-18,21H,1H3. The lowest BCUT2D eigenvalue weighted by molar-refractivity contribution is 0.472. The van der Waals surface area contributed by atoms with E-state index in [1.807, 2.05) is 35.9 Å². The number of aromatic nitrogens is 2. The number of anilines is 1. The third kappa shape index (κ3) is 1.88. The van der Waals surface area contributed by atoms with E-state index in [9.17, 15) is 5.11 Å². The first-order valence-electron chi connectivity index (χ1n) is 6.93. The van der Waals surface area contributed by atoms with Crippen LogP contribution in [-0.4, -0.2) is 14.9 Å². The van der Waals surface area contributed by atoms with Crippen LogP contribution in [0.15, 0.2) is 54.6 Å². The van der Waals surface area contributed by atoms with Gasteiger partial charge in [0.15, 0.2) is 0 Å². The summed E-state index contributed by atoms with van der Waals surface area (Å²) in [6.07, 6.45) is -0.115. The van der Waals surface area contributed by atoms with E-state index in [0.29, 0.717) is 0 Å². The first kappa shape index (κ1) is 12.0. The number of hydrogen-bond donors (Lipinski definition) is 2. The van der Waals surface area contributed by atoms with E-state index in [4.69, 9.17) is 0 Å². The van der Waals surface area contributed by atoms with Gasteiger partial charge in [0.1, 0.15) is 11.9 Å². The smallest absolute Gasteiger partial charge is 0.147 e. The molecule has 1 aromatic heterocycles. The molecule has 0 spiro atoms. The largest absolute Gasteiger partial charge is 0.508 e. The number of nitrogens with one attached hydrogen (secondary N) is 1. The Morgan fingerprint density at radius 3 is 2.81 bits per heavy atom. The maximum Gasteiger partial charge on any atom is 0.147 e.